The summed E-state index contributed by atoms with van der Waals surface area (Å²) in [6.45, 7) is 2.18. The van der Waals surface area contributed by atoms with E-state index in [4.69, 9.17) is 0 Å². The molecule has 0 bridgehead atoms. The molecule has 1 saturated carbocycles. The second-order valence-corrected chi connectivity index (χ2v) is 7.94. The summed E-state index contributed by atoms with van der Waals surface area (Å²) in [6.07, 6.45) is 9.26. The van der Waals surface area contributed by atoms with Gasteiger partial charge in [0.05, 0.1) is 17.8 Å². The molecule has 1 N–H and O–H groups in total. The molecule has 0 saturated heterocycles. The van der Waals surface area contributed by atoms with Gasteiger partial charge < -0.3 is 5.32 Å². The zero-order valence-corrected chi connectivity index (χ0v) is 14.9. The Morgan fingerprint density at radius 1 is 1.29 bits per heavy atom. The van der Waals surface area contributed by atoms with Crippen LogP contribution in [0.5, 0.6) is 0 Å². The molecule has 1 unspecified atom stereocenters. The minimum atomic E-state index is 0.0863. The van der Waals surface area contributed by atoms with Gasteiger partial charge in [0, 0.05) is 23.7 Å². The van der Waals surface area contributed by atoms with Crippen LogP contribution in [0, 0.1) is 0 Å². The van der Waals surface area contributed by atoms with Gasteiger partial charge in [-0.15, -0.1) is 11.3 Å². The first-order valence-corrected chi connectivity index (χ1v) is 9.85. The van der Waals surface area contributed by atoms with Crippen LogP contribution >= 0.6 is 11.3 Å². The molecule has 0 amide bonds. The van der Waals surface area contributed by atoms with Gasteiger partial charge in [0.15, 0.2) is 0 Å². The lowest BCUT2D eigenvalue weighted by Gasteiger charge is -2.31. The Labute approximate surface area is 146 Å². The van der Waals surface area contributed by atoms with Gasteiger partial charge in [0.25, 0.3) is 5.56 Å². The molecule has 2 aliphatic carbocycles. The van der Waals surface area contributed by atoms with Gasteiger partial charge in [-0.05, 0) is 57.4 Å². The second-order valence-electron chi connectivity index (χ2n) is 7.02. The fourth-order valence-corrected chi connectivity index (χ4v) is 4.69. The Balaban J connectivity index is 1.39. The first-order chi connectivity index (χ1) is 11.7. The minimum absolute atomic E-state index is 0.0863. The normalized spacial score (nSPS) is 24.7. The number of nitrogens with zero attached hydrogens (tertiary/aromatic N) is 3. The molecular formula is C18H24N4OS. The minimum Gasteiger partial charge on any atom is -0.305 e. The summed E-state index contributed by atoms with van der Waals surface area (Å²) in [4.78, 5) is 16.8. The zero-order chi connectivity index (χ0) is 16.5. The quantitative estimate of drug-likeness (QED) is 0.926. The van der Waals surface area contributed by atoms with E-state index < -0.39 is 0 Å². The number of thiazole rings is 1. The summed E-state index contributed by atoms with van der Waals surface area (Å²) in [7, 11) is 0. The lowest BCUT2D eigenvalue weighted by atomic mass is 9.90. The maximum atomic E-state index is 12.4. The first kappa shape index (κ1) is 16.0. The van der Waals surface area contributed by atoms with Crippen LogP contribution in [0.3, 0.4) is 0 Å². The average Bonchev–Trinajstić information content (AvgIpc) is 3.26. The molecular weight excluding hydrogens is 320 g/mol. The summed E-state index contributed by atoms with van der Waals surface area (Å²) in [6, 6.07) is 2.89. The molecule has 1 atom stereocenters. The third kappa shape index (κ3) is 3.17. The van der Waals surface area contributed by atoms with Crippen molar-refractivity contribution >= 4 is 11.3 Å². The Morgan fingerprint density at radius 2 is 2.12 bits per heavy atom. The highest BCUT2D eigenvalue weighted by molar-refractivity contribution is 7.09. The summed E-state index contributed by atoms with van der Waals surface area (Å²) >= 11 is 1.70. The standard InChI is InChI=1S/C18H24N4OS/c1-12(18-19-9-10-24-18)20-14-5-7-15(8-6-14)22-17(23)11-13-3-2-4-16(13)21-22/h9-12,14-15,20H,2-8H2,1H3. The molecule has 2 aliphatic rings. The molecule has 0 aromatic carbocycles. The van der Waals surface area contributed by atoms with Crippen molar-refractivity contribution in [1.82, 2.24) is 20.1 Å². The van der Waals surface area contributed by atoms with Crippen LogP contribution < -0.4 is 10.9 Å². The number of aromatic nitrogens is 3. The van der Waals surface area contributed by atoms with E-state index in [9.17, 15) is 4.79 Å². The van der Waals surface area contributed by atoms with Gasteiger partial charge >= 0.3 is 0 Å². The lowest BCUT2D eigenvalue weighted by molar-refractivity contribution is 0.258. The summed E-state index contributed by atoms with van der Waals surface area (Å²) in [5, 5.41) is 11.5. The van der Waals surface area contributed by atoms with Crippen molar-refractivity contribution < 1.29 is 0 Å². The molecule has 6 heteroatoms. The van der Waals surface area contributed by atoms with E-state index in [1.54, 1.807) is 16.0 Å². The molecule has 2 heterocycles. The molecule has 0 spiro atoms. The van der Waals surface area contributed by atoms with E-state index in [2.05, 4.69) is 22.3 Å². The monoisotopic (exact) mass is 344 g/mol. The van der Waals surface area contributed by atoms with E-state index in [1.165, 1.54) is 5.56 Å². The molecule has 24 heavy (non-hydrogen) atoms. The second kappa shape index (κ2) is 6.76. The maximum absolute atomic E-state index is 12.4. The average molecular weight is 344 g/mol. The zero-order valence-electron chi connectivity index (χ0n) is 14.1. The van der Waals surface area contributed by atoms with Crippen LogP contribution in [0.4, 0.5) is 0 Å². The van der Waals surface area contributed by atoms with Crippen molar-refractivity contribution in [3.05, 3.63) is 44.3 Å². The van der Waals surface area contributed by atoms with Gasteiger partial charge in [0.2, 0.25) is 0 Å². The third-order valence-electron chi connectivity index (χ3n) is 5.33. The van der Waals surface area contributed by atoms with E-state index in [0.717, 1.165) is 55.6 Å². The van der Waals surface area contributed by atoms with Crippen LogP contribution in [0.2, 0.25) is 0 Å². The van der Waals surface area contributed by atoms with Crippen LogP contribution in [0.1, 0.15) is 67.4 Å². The summed E-state index contributed by atoms with van der Waals surface area (Å²) < 4.78 is 1.77. The Morgan fingerprint density at radius 3 is 2.88 bits per heavy atom. The van der Waals surface area contributed by atoms with Gasteiger partial charge in [-0.3, -0.25) is 4.79 Å². The molecule has 2 aromatic rings. The number of nitrogens with one attached hydrogen (secondary N) is 1. The van der Waals surface area contributed by atoms with E-state index in [-0.39, 0.29) is 11.6 Å². The predicted octanol–water partition coefficient (Wildman–Crippen LogP) is 3.02. The fourth-order valence-electron chi connectivity index (χ4n) is 4.04. The topological polar surface area (TPSA) is 59.8 Å². The molecule has 128 valence electrons. The van der Waals surface area contributed by atoms with Crippen LogP contribution in [-0.2, 0) is 12.8 Å². The number of hydrogen-bond donors (Lipinski definition) is 1. The molecule has 0 aliphatic heterocycles. The highest BCUT2D eigenvalue weighted by Crippen LogP contribution is 2.29. The van der Waals surface area contributed by atoms with E-state index >= 15 is 0 Å². The Bertz CT molecular complexity index is 747. The maximum Gasteiger partial charge on any atom is 0.267 e. The highest BCUT2D eigenvalue weighted by Gasteiger charge is 2.26. The highest BCUT2D eigenvalue weighted by atomic mass is 32.1. The largest absolute Gasteiger partial charge is 0.305 e. The summed E-state index contributed by atoms with van der Waals surface area (Å²) in [5.74, 6) is 0. The molecule has 4 rings (SSSR count). The number of rotatable bonds is 4. The lowest BCUT2D eigenvalue weighted by Crippen LogP contribution is -2.38. The van der Waals surface area contributed by atoms with Gasteiger partial charge in [0.1, 0.15) is 5.01 Å². The summed E-state index contributed by atoms with van der Waals surface area (Å²) in [5.41, 5.74) is 2.40. The van der Waals surface area contributed by atoms with Crippen LogP contribution in [0.25, 0.3) is 0 Å². The van der Waals surface area contributed by atoms with Gasteiger partial charge in [-0.1, -0.05) is 0 Å². The Kier molecular flexibility index (Phi) is 4.50. The van der Waals surface area contributed by atoms with Crippen molar-refractivity contribution in [2.45, 2.75) is 70.0 Å². The predicted molar refractivity (Wildman–Crippen MR) is 95.5 cm³/mol. The fraction of sp³-hybridized carbons (Fsp3) is 0.611. The number of aryl methyl sites for hydroxylation is 2. The van der Waals surface area contributed by atoms with E-state index in [0.29, 0.717) is 12.1 Å². The van der Waals surface area contributed by atoms with Crippen molar-refractivity contribution in [3.8, 4) is 0 Å². The van der Waals surface area contributed by atoms with Gasteiger partial charge in [-0.2, -0.15) is 5.10 Å². The molecule has 2 aromatic heterocycles. The Hall–Kier alpha value is -1.53. The van der Waals surface area contributed by atoms with Crippen LogP contribution in [0.15, 0.2) is 22.4 Å². The molecule has 0 radical (unpaired) electrons. The smallest absolute Gasteiger partial charge is 0.267 e. The number of fused-ring (bicyclic) bond motifs is 1. The molecule has 5 nitrogen and oxygen atoms in total. The van der Waals surface area contributed by atoms with Gasteiger partial charge in [-0.25, -0.2) is 9.67 Å². The van der Waals surface area contributed by atoms with E-state index in [1.807, 2.05) is 17.6 Å². The first-order valence-electron chi connectivity index (χ1n) is 8.98. The third-order valence-corrected chi connectivity index (χ3v) is 6.29. The SMILES string of the molecule is CC(NC1CCC(n2nc3c(cc2=O)CCC3)CC1)c1nccs1. The van der Waals surface area contributed by atoms with Crippen molar-refractivity contribution in [2.24, 2.45) is 0 Å². The number of hydrogen-bond acceptors (Lipinski definition) is 5. The van der Waals surface area contributed by atoms with Crippen molar-refractivity contribution in [3.63, 3.8) is 0 Å². The van der Waals surface area contributed by atoms with Crippen molar-refractivity contribution in [2.75, 3.05) is 0 Å². The molecule has 1 fully saturated rings. The van der Waals surface area contributed by atoms with Crippen molar-refractivity contribution in [1.29, 1.82) is 0 Å². The van der Waals surface area contributed by atoms with Crippen LogP contribution in [-0.4, -0.2) is 20.8 Å².